The van der Waals surface area contributed by atoms with Crippen LogP contribution in [0.3, 0.4) is 0 Å². The van der Waals surface area contributed by atoms with Crippen molar-refractivity contribution in [3.05, 3.63) is 35.7 Å². The summed E-state index contributed by atoms with van der Waals surface area (Å²) in [4.78, 5) is 11.1. The van der Waals surface area contributed by atoms with E-state index in [2.05, 4.69) is 10.4 Å². The van der Waals surface area contributed by atoms with Gasteiger partial charge in [0.05, 0.1) is 32.7 Å². The molecule has 21 heavy (non-hydrogen) atoms. The second-order valence-electron chi connectivity index (χ2n) is 4.36. The topological polar surface area (TPSA) is 85.6 Å². The number of anilines is 1. The molecule has 0 aliphatic rings. The summed E-state index contributed by atoms with van der Waals surface area (Å²) in [5.41, 5.74) is 1.58. The van der Waals surface area contributed by atoms with E-state index in [0.29, 0.717) is 23.7 Å². The van der Waals surface area contributed by atoms with Gasteiger partial charge in [-0.25, -0.2) is 4.79 Å². The van der Waals surface area contributed by atoms with Gasteiger partial charge in [0.2, 0.25) is 0 Å². The van der Waals surface area contributed by atoms with Crippen LogP contribution in [0.25, 0.3) is 0 Å². The molecule has 112 valence electrons. The van der Waals surface area contributed by atoms with E-state index in [1.807, 2.05) is 6.07 Å². The van der Waals surface area contributed by atoms with E-state index in [1.54, 1.807) is 33.4 Å². The highest BCUT2D eigenvalue weighted by Gasteiger charge is 2.14. The van der Waals surface area contributed by atoms with Crippen LogP contribution < -0.4 is 14.8 Å². The van der Waals surface area contributed by atoms with Crippen molar-refractivity contribution in [1.29, 1.82) is 0 Å². The molecule has 1 aromatic carbocycles. The third-order valence-corrected chi connectivity index (χ3v) is 3.14. The first-order valence-electron chi connectivity index (χ1n) is 6.27. The summed E-state index contributed by atoms with van der Waals surface area (Å²) < 4.78 is 11.9. The molecule has 1 aromatic heterocycles. The summed E-state index contributed by atoms with van der Waals surface area (Å²) in [5, 5.41) is 16.2. The molecular weight excluding hydrogens is 274 g/mol. The van der Waals surface area contributed by atoms with E-state index in [-0.39, 0.29) is 5.56 Å². The van der Waals surface area contributed by atoms with Gasteiger partial charge in [0.15, 0.2) is 11.5 Å². The molecule has 7 heteroatoms. The Labute approximate surface area is 122 Å². The van der Waals surface area contributed by atoms with Gasteiger partial charge >= 0.3 is 5.97 Å². The number of carboxylic acids is 1. The fraction of sp³-hybridized carbons (Fsp3) is 0.286. The number of aryl methyl sites for hydroxylation is 1. The molecule has 0 fully saturated rings. The summed E-state index contributed by atoms with van der Waals surface area (Å²) >= 11 is 0. The largest absolute Gasteiger partial charge is 0.493 e. The normalized spacial score (nSPS) is 10.2. The van der Waals surface area contributed by atoms with E-state index < -0.39 is 5.97 Å². The average molecular weight is 291 g/mol. The number of benzene rings is 1. The van der Waals surface area contributed by atoms with Gasteiger partial charge in [-0.05, 0) is 12.1 Å². The van der Waals surface area contributed by atoms with Gasteiger partial charge in [0.1, 0.15) is 5.56 Å². The minimum absolute atomic E-state index is 0.186. The molecule has 0 saturated carbocycles. The smallest absolute Gasteiger partial charge is 0.339 e. The fourth-order valence-electron chi connectivity index (χ4n) is 1.98. The maximum atomic E-state index is 11.1. The van der Waals surface area contributed by atoms with E-state index in [9.17, 15) is 4.79 Å². The maximum Gasteiger partial charge on any atom is 0.339 e. The SMILES string of the molecule is COc1ccc(NCc2c(C(=O)O)cnn2C)cc1OC. The quantitative estimate of drug-likeness (QED) is 0.843. The summed E-state index contributed by atoms with van der Waals surface area (Å²) in [5.74, 6) is 0.244. The molecule has 0 bridgehead atoms. The monoisotopic (exact) mass is 291 g/mol. The number of aromatic carboxylic acids is 1. The van der Waals surface area contributed by atoms with Gasteiger partial charge in [0.25, 0.3) is 0 Å². The Morgan fingerprint density at radius 2 is 2.05 bits per heavy atom. The minimum atomic E-state index is -0.993. The lowest BCUT2D eigenvalue weighted by molar-refractivity contribution is 0.0695. The molecule has 1 heterocycles. The molecule has 2 N–H and O–H groups in total. The number of aromatic nitrogens is 2. The van der Waals surface area contributed by atoms with E-state index in [4.69, 9.17) is 14.6 Å². The number of hydrogen-bond acceptors (Lipinski definition) is 5. The van der Waals surface area contributed by atoms with Crippen LogP contribution in [0.2, 0.25) is 0 Å². The van der Waals surface area contributed by atoms with Crippen molar-refractivity contribution in [2.75, 3.05) is 19.5 Å². The van der Waals surface area contributed by atoms with Crippen LogP contribution in [-0.2, 0) is 13.6 Å². The Balaban J connectivity index is 2.17. The first-order valence-corrected chi connectivity index (χ1v) is 6.27. The van der Waals surface area contributed by atoms with Gasteiger partial charge < -0.3 is 19.9 Å². The van der Waals surface area contributed by atoms with Crippen molar-refractivity contribution >= 4 is 11.7 Å². The number of nitrogens with zero attached hydrogens (tertiary/aromatic N) is 2. The number of methoxy groups -OCH3 is 2. The number of ether oxygens (including phenoxy) is 2. The second-order valence-corrected chi connectivity index (χ2v) is 4.36. The van der Waals surface area contributed by atoms with Crippen molar-refractivity contribution in [2.45, 2.75) is 6.54 Å². The molecule has 2 rings (SSSR count). The first kappa shape index (κ1) is 14.7. The zero-order valence-electron chi connectivity index (χ0n) is 12.1. The van der Waals surface area contributed by atoms with Crippen LogP contribution >= 0.6 is 0 Å². The highest BCUT2D eigenvalue weighted by Crippen LogP contribution is 2.29. The average Bonchev–Trinajstić information content (AvgIpc) is 2.86. The fourth-order valence-corrected chi connectivity index (χ4v) is 1.98. The zero-order valence-corrected chi connectivity index (χ0v) is 12.1. The molecule has 2 aromatic rings. The van der Waals surface area contributed by atoms with E-state index in [1.165, 1.54) is 10.9 Å². The molecule has 0 saturated heterocycles. The number of rotatable bonds is 6. The Morgan fingerprint density at radius 3 is 2.67 bits per heavy atom. The first-order chi connectivity index (χ1) is 10.1. The summed E-state index contributed by atoms with van der Waals surface area (Å²) in [6.07, 6.45) is 1.34. The summed E-state index contributed by atoms with van der Waals surface area (Å²) in [6.45, 7) is 0.341. The minimum Gasteiger partial charge on any atom is -0.493 e. The third-order valence-electron chi connectivity index (χ3n) is 3.14. The molecule has 0 atom stereocenters. The van der Waals surface area contributed by atoms with Gasteiger partial charge in [-0.3, -0.25) is 4.68 Å². The van der Waals surface area contributed by atoms with Gasteiger partial charge in [-0.2, -0.15) is 5.10 Å². The van der Waals surface area contributed by atoms with Gasteiger partial charge in [0, 0.05) is 18.8 Å². The lowest BCUT2D eigenvalue weighted by Crippen LogP contribution is -2.10. The number of carboxylic acid groups (broad SMARTS) is 1. The second kappa shape index (κ2) is 6.17. The predicted molar refractivity (Wildman–Crippen MR) is 77.0 cm³/mol. The van der Waals surface area contributed by atoms with Crippen LogP contribution in [0, 0.1) is 0 Å². The van der Waals surface area contributed by atoms with Crippen molar-refractivity contribution in [1.82, 2.24) is 9.78 Å². The Morgan fingerprint density at radius 1 is 1.33 bits per heavy atom. The molecule has 0 aliphatic heterocycles. The van der Waals surface area contributed by atoms with Crippen LogP contribution in [-0.4, -0.2) is 35.1 Å². The van der Waals surface area contributed by atoms with Crippen molar-refractivity contribution in [3.8, 4) is 11.5 Å². The predicted octanol–water partition coefficient (Wildman–Crippen LogP) is 1.75. The number of nitrogens with one attached hydrogen (secondary N) is 1. The molecule has 0 radical (unpaired) electrons. The molecule has 0 aliphatic carbocycles. The lowest BCUT2D eigenvalue weighted by atomic mass is 10.2. The molecule has 0 unspecified atom stereocenters. The third kappa shape index (κ3) is 3.07. The molecule has 0 amide bonds. The Bertz CT molecular complexity index is 652. The maximum absolute atomic E-state index is 11.1. The van der Waals surface area contributed by atoms with Gasteiger partial charge in [-0.1, -0.05) is 0 Å². The van der Waals surface area contributed by atoms with Crippen LogP contribution in [0.1, 0.15) is 16.1 Å². The van der Waals surface area contributed by atoms with E-state index >= 15 is 0 Å². The van der Waals surface area contributed by atoms with E-state index in [0.717, 1.165) is 5.69 Å². The zero-order chi connectivity index (χ0) is 15.4. The molecular formula is C14H17N3O4. The van der Waals surface area contributed by atoms with Crippen molar-refractivity contribution in [2.24, 2.45) is 7.05 Å². The van der Waals surface area contributed by atoms with Crippen molar-refractivity contribution in [3.63, 3.8) is 0 Å². The standard InChI is InChI=1S/C14H17N3O4/c1-17-11(10(7-16-17)14(18)19)8-15-9-4-5-12(20-2)13(6-9)21-3/h4-7,15H,8H2,1-3H3,(H,18,19). The Kier molecular flexibility index (Phi) is 4.32. The number of carbonyl (C=O) groups is 1. The lowest BCUT2D eigenvalue weighted by Gasteiger charge is -2.12. The summed E-state index contributed by atoms with van der Waals surface area (Å²) in [7, 11) is 4.84. The molecule has 0 spiro atoms. The van der Waals surface area contributed by atoms with Crippen molar-refractivity contribution < 1.29 is 19.4 Å². The summed E-state index contributed by atoms with van der Waals surface area (Å²) in [6, 6.07) is 5.40. The highest BCUT2D eigenvalue weighted by molar-refractivity contribution is 5.88. The molecule has 7 nitrogen and oxygen atoms in total. The number of hydrogen-bond donors (Lipinski definition) is 2. The highest BCUT2D eigenvalue weighted by atomic mass is 16.5. The van der Waals surface area contributed by atoms with Crippen LogP contribution in [0.15, 0.2) is 24.4 Å². The van der Waals surface area contributed by atoms with Crippen LogP contribution in [0.4, 0.5) is 5.69 Å². The van der Waals surface area contributed by atoms with Gasteiger partial charge in [-0.15, -0.1) is 0 Å². The Hall–Kier alpha value is -2.70. The van der Waals surface area contributed by atoms with Crippen LogP contribution in [0.5, 0.6) is 11.5 Å².